The zero-order chi connectivity index (χ0) is 18.6. The Morgan fingerprint density at radius 1 is 1.23 bits per heavy atom. The lowest BCUT2D eigenvalue weighted by molar-refractivity contribution is -0.115. The summed E-state index contributed by atoms with van der Waals surface area (Å²) < 4.78 is 28.1. The number of hydrogen-bond donors (Lipinski definition) is 1. The van der Waals surface area contributed by atoms with E-state index >= 15 is 0 Å². The van der Waals surface area contributed by atoms with Crippen LogP contribution in [0.1, 0.15) is 43.1 Å². The molecule has 7 heteroatoms. The molecule has 0 fully saturated rings. The number of amides is 1. The maximum absolute atomic E-state index is 13.1. The highest BCUT2D eigenvalue weighted by molar-refractivity contribution is 6.01. The van der Waals surface area contributed by atoms with Gasteiger partial charge in [-0.05, 0) is 56.2 Å². The molecule has 4 rings (SSSR count). The summed E-state index contributed by atoms with van der Waals surface area (Å²) in [6.45, 7) is 5.88. The van der Waals surface area contributed by atoms with Crippen LogP contribution in [0.25, 0.3) is 22.3 Å². The first kappa shape index (κ1) is 16.6. The zero-order valence-corrected chi connectivity index (χ0v) is 14.7. The monoisotopic (exact) mass is 356 g/mol. The second-order valence-corrected chi connectivity index (χ2v) is 6.84. The van der Waals surface area contributed by atoms with Crippen LogP contribution in [0.2, 0.25) is 0 Å². The van der Waals surface area contributed by atoms with Crippen molar-refractivity contribution in [1.29, 1.82) is 0 Å². The smallest absolute Gasteiger partial charge is 0.280 e. The lowest BCUT2D eigenvalue weighted by Gasteiger charge is -2.13. The predicted octanol–water partition coefficient (Wildman–Crippen LogP) is 4.42. The third-order valence-corrected chi connectivity index (χ3v) is 4.58. The van der Waals surface area contributed by atoms with Crippen molar-refractivity contribution < 1.29 is 13.6 Å². The van der Waals surface area contributed by atoms with Crippen LogP contribution in [-0.2, 0) is 11.2 Å². The topological polar surface area (TPSA) is 59.8 Å². The molecule has 0 radical (unpaired) electrons. The molecule has 1 N–H and O–H groups in total. The van der Waals surface area contributed by atoms with Crippen LogP contribution in [0.3, 0.4) is 0 Å². The highest BCUT2D eigenvalue weighted by Gasteiger charge is 2.24. The summed E-state index contributed by atoms with van der Waals surface area (Å²) in [6, 6.07) is 6.79. The summed E-state index contributed by atoms with van der Waals surface area (Å²) >= 11 is 0. The number of alkyl halides is 2. The molecule has 3 aromatic rings. The molecular formula is C19H18F2N4O. The molecule has 1 amide bonds. The summed E-state index contributed by atoms with van der Waals surface area (Å²) in [5, 5.41) is 7.41. The number of fused-ring (bicyclic) bond motifs is 2. The number of anilines is 1. The fraction of sp³-hybridized carbons (Fsp3) is 0.316. The molecule has 134 valence electrons. The number of aromatic nitrogens is 3. The summed E-state index contributed by atoms with van der Waals surface area (Å²) in [5.41, 5.74) is 4.95. The second kappa shape index (κ2) is 5.86. The lowest BCUT2D eigenvalue weighted by Crippen LogP contribution is -2.05. The molecule has 0 atom stereocenters. The van der Waals surface area contributed by atoms with Crippen molar-refractivity contribution in [2.75, 3.05) is 5.32 Å². The van der Waals surface area contributed by atoms with Crippen LogP contribution in [0, 0.1) is 6.92 Å². The van der Waals surface area contributed by atoms with Crippen molar-refractivity contribution in [3.63, 3.8) is 0 Å². The number of hydrogen-bond acceptors (Lipinski definition) is 3. The third-order valence-electron chi connectivity index (χ3n) is 4.58. The Labute approximate surface area is 149 Å². The first-order valence-corrected chi connectivity index (χ1v) is 8.46. The van der Waals surface area contributed by atoms with Gasteiger partial charge in [-0.25, -0.2) is 13.8 Å². The number of nitrogens with one attached hydrogen (secondary N) is 1. The standard InChI is InChI=1S/C19H18F2N4O/c1-9(2)25-18(17-13(24-25)4-5-14(22-17)19(20)21)12-6-10(3)16-11(7-12)8-15(26)23-16/h4-7,9,19H,8H2,1-3H3,(H,23,26). The number of rotatable bonds is 3. The SMILES string of the molecule is Cc1cc(-c2c3nc(C(F)F)ccc3nn2C(C)C)cc2c1NC(=O)C2. The molecule has 0 bridgehead atoms. The average Bonchev–Trinajstić information content (AvgIpc) is 3.14. The van der Waals surface area contributed by atoms with E-state index in [-0.39, 0.29) is 17.6 Å². The Bertz CT molecular complexity index is 1040. The summed E-state index contributed by atoms with van der Waals surface area (Å²) in [5.74, 6) is -0.0411. The Kier molecular flexibility index (Phi) is 3.75. The first-order chi connectivity index (χ1) is 12.3. The van der Waals surface area contributed by atoms with Crippen molar-refractivity contribution in [3.8, 4) is 11.3 Å². The molecular weight excluding hydrogens is 338 g/mol. The number of carbonyl (C=O) groups is 1. The minimum Gasteiger partial charge on any atom is -0.325 e. The van der Waals surface area contributed by atoms with Crippen LogP contribution >= 0.6 is 0 Å². The van der Waals surface area contributed by atoms with Gasteiger partial charge in [-0.2, -0.15) is 5.10 Å². The number of nitrogens with zero attached hydrogens (tertiary/aromatic N) is 3. The quantitative estimate of drug-likeness (QED) is 0.756. The predicted molar refractivity (Wildman–Crippen MR) is 95.4 cm³/mol. The zero-order valence-electron chi connectivity index (χ0n) is 14.7. The largest absolute Gasteiger partial charge is 0.325 e. The third kappa shape index (κ3) is 2.55. The normalized spacial score (nSPS) is 13.7. The van der Waals surface area contributed by atoms with Crippen molar-refractivity contribution in [2.45, 2.75) is 39.7 Å². The molecule has 3 heterocycles. The second-order valence-electron chi connectivity index (χ2n) is 6.84. The van der Waals surface area contributed by atoms with Crippen LogP contribution < -0.4 is 5.32 Å². The average molecular weight is 356 g/mol. The maximum atomic E-state index is 13.1. The fourth-order valence-electron chi connectivity index (χ4n) is 3.43. The molecule has 0 unspecified atom stereocenters. The van der Waals surface area contributed by atoms with Crippen LogP contribution in [-0.4, -0.2) is 20.7 Å². The van der Waals surface area contributed by atoms with Crippen LogP contribution in [0.4, 0.5) is 14.5 Å². The van der Waals surface area contributed by atoms with Gasteiger partial charge in [0.15, 0.2) is 0 Å². The Morgan fingerprint density at radius 3 is 2.69 bits per heavy atom. The summed E-state index contributed by atoms with van der Waals surface area (Å²) in [6.07, 6.45) is -2.33. The van der Waals surface area contributed by atoms with Crippen molar-refractivity contribution >= 4 is 22.6 Å². The van der Waals surface area contributed by atoms with E-state index in [1.54, 1.807) is 10.7 Å². The van der Waals surface area contributed by atoms with E-state index in [0.717, 1.165) is 22.4 Å². The minimum absolute atomic E-state index is 0.0301. The van der Waals surface area contributed by atoms with Gasteiger partial charge < -0.3 is 5.32 Å². The van der Waals surface area contributed by atoms with E-state index in [4.69, 9.17) is 0 Å². The van der Waals surface area contributed by atoms with Gasteiger partial charge in [0.05, 0.1) is 12.1 Å². The number of benzene rings is 1. The van der Waals surface area contributed by atoms with E-state index in [2.05, 4.69) is 15.4 Å². The maximum Gasteiger partial charge on any atom is 0.280 e. The Hall–Kier alpha value is -2.83. The molecule has 0 saturated heterocycles. The lowest BCUT2D eigenvalue weighted by atomic mass is 10.0. The highest BCUT2D eigenvalue weighted by Crippen LogP contribution is 2.36. The summed E-state index contributed by atoms with van der Waals surface area (Å²) in [7, 11) is 0. The molecule has 1 aliphatic rings. The first-order valence-electron chi connectivity index (χ1n) is 8.46. The minimum atomic E-state index is -2.64. The van der Waals surface area contributed by atoms with Gasteiger partial charge in [0, 0.05) is 17.3 Å². The molecule has 0 aliphatic carbocycles. The van der Waals surface area contributed by atoms with E-state index in [1.807, 2.05) is 32.9 Å². The van der Waals surface area contributed by atoms with E-state index < -0.39 is 6.43 Å². The highest BCUT2D eigenvalue weighted by atomic mass is 19.3. The van der Waals surface area contributed by atoms with Gasteiger partial charge in [0.2, 0.25) is 5.91 Å². The van der Waals surface area contributed by atoms with Gasteiger partial charge in [0.1, 0.15) is 16.7 Å². The van der Waals surface area contributed by atoms with Crippen LogP contribution in [0.5, 0.6) is 0 Å². The molecule has 2 aromatic heterocycles. The van der Waals surface area contributed by atoms with Gasteiger partial charge in [-0.1, -0.05) is 0 Å². The summed E-state index contributed by atoms with van der Waals surface area (Å²) in [4.78, 5) is 15.9. The van der Waals surface area contributed by atoms with Gasteiger partial charge in [0.25, 0.3) is 6.43 Å². The van der Waals surface area contributed by atoms with Gasteiger partial charge >= 0.3 is 0 Å². The molecule has 1 aromatic carbocycles. The van der Waals surface area contributed by atoms with Crippen molar-refractivity contribution in [2.24, 2.45) is 0 Å². The van der Waals surface area contributed by atoms with Crippen molar-refractivity contribution in [3.05, 3.63) is 41.1 Å². The van der Waals surface area contributed by atoms with Crippen molar-refractivity contribution in [1.82, 2.24) is 14.8 Å². The Morgan fingerprint density at radius 2 is 2.00 bits per heavy atom. The molecule has 5 nitrogen and oxygen atoms in total. The molecule has 26 heavy (non-hydrogen) atoms. The van der Waals surface area contributed by atoms with Gasteiger partial charge in [-0.15, -0.1) is 0 Å². The molecule has 0 saturated carbocycles. The van der Waals surface area contributed by atoms with E-state index in [1.165, 1.54) is 6.07 Å². The van der Waals surface area contributed by atoms with Gasteiger partial charge in [-0.3, -0.25) is 9.48 Å². The van der Waals surface area contributed by atoms with E-state index in [0.29, 0.717) is 23.1 Å². The van der Waals surface area contributed by atoms with E-state index in [9.17, 15) is 13.6 Å². The molecule has 1 aliphatic heterocycles. The number of halogens is 2. The molecule has 0 spiro atoms. The fourth-order valence-corrected chi connectivity index (χ4v) is 3.43. The number of aryl methyl sites for hydroxylation is 1. The Balaban J connectivity index is 2.00. The number of carbonyl (C=O) groups excluding carboxylic acids is 1. The number of pyridine rings is 1. The van der Waals surface area contributed by atoms with Crippen LogP contribution in [0.15, 0.2) is 24.3 Å².